The SMILES string of the molecule is CCCCCCCCCCOCC(Oc1ccccc1)(Oc1ccccc1)Oc1ccccc1. The molecule has 0 atom stereocenters. The minimum atomic E-state index is -1.47. The van der Waals surface area contributed by atoms with E-state index in [1.54, 1.807) is 0 Å². The van der Waals surface area contributed by atoms with Crippen molar-refractivity contribution in [3.8, 4) is 17.2 Å². The minimum Gasteiger partial charge on any atom is -0.419 e. The van der Waals surface area contributed by atoms with Crippen LogP contribution in [0.4, 0.5) is 0 Å². The van der Waals surface area contributed by atoms with Crippen LogP contribution in [-0.2, 0) is 4.74 Å². The molecule has 0 aliphatic rings. The van der Waals surface area contributed by atoms with Gasteiger partial charge in [-0.25, -0.2) is 0 Å². The normalized spacial score (nSPS) is 11.2. The molecule has 0 heterocycles. The first-order chi connectivity index (χ1) is 16.8. The van der Waals surface area contributed by atoms with Crippen LogP contribution >= 0.6 is 0 Å². The van der Waals surface area contributed by atoms with Gasteiger partial charge in [0.2, 0.25) is 0 Å². The Balaban J connectivity index is 1.65. The maximum absolute atomic E-state index is 6.32. The Kier molecular flexibility index (Phi) is 11.3. The Labute approximate surface area is 204 Å². The van der Waals surface area contributed by atoms with E-state index in [1.165, 1.54) is 38.5 Å². The summed E-state index contributed by atoms with van der Waals surface area (Å²) in [6, 6.07) is 28.7. The molecule has 0 radical (unpaired) electrons. The van der Waals surface area contributed by atoms with Gasteiger partial charge in [-0.15, -0.1) is 0 Å². The first-order valence-electron chi connectivity index (χ1n) is 12.6. The molecule has 4 heteroatoms. The van der Waals surface area contributed by atoms with Crippen molar-refractivity contribution in [1.82, 2.24) is 0 Å². The van der Waals surface area contributed by atoms with Crippen LogP contribution < -0.4 is 14.2 Å². The van der Waals surface area contributed by atoms with E-state index in [9.17, 15) is 0 Å². The van der Waals surface area contributed by atoms with Crippen molar-refractivity contribution in [1.29, 1.82) is 0 Å². The largest absolute Gasteiger partial charge is 0.442 e. The summed E-state index contributed by atoms with van der Waals surface area (Å²) in [6.45, 7) is 3.01. The lowest BCUT2D eigenvalue weighted by Gasteiger charge is -2.33. The van der Waals surface area contributed by atoms with Gasteiger partial charge in [-0.1, -0.05) is 106 Å². The van der Waals surface area contributed by atoms with Gasteiger partial charge in [-0.3, -0.25) is 0 Å². The van der Waals surface area contributed by atoms with Gasteiger partial charge in [-0.2, -0.15) is 0 Å². The molecule has 34 heavy (non-hydrogen) atoms. The fourth-order valence-electron chi connectivity index (χ4n) is 3.69. The fourth-order valence-corrected chi connectivity index (χ4v) is 3.69. The predicted molar refractivity (Wildman–Crippen MR) is 137 cm³/mol. The smallest absolute Gasteiger partial charge is 0.419 e. The van der Waals surface area contributed by atoms with Gasteiger partial charge in [0.15, 0.2) is 6.61 Å². The maximum Gasteiger partial charge on any atom is 0.442 e. The number of rotatable bonds is 17. The highest BCUT2D eigenvalue weighted by molar-refractivity contribution is 5.26. The summed E-state index contributed by atoms with van der Waals surface area (Å²) in [5.74, 6) is 0.463. The summed E-state index contributed by atoms with van der Waals surface area (Å²) < 4.78 is 25.1. The van der Waals surface area contributed by atoms with Crippen molar-refractivity contribution < 1.29 is 18.9 Å². The summed E-state index contributed by atoms with van der Waals surface area (Å²) in [5.41, 5.74) is 0. The van der Waals surface area contributed by atoms with Crippen LogP contribution in [-0.4, -0.2) is 19.2 Å². The van der Waals surface area contributed by atoms with Crippen molar-refractivity contribution in [2.45, 2.75) is 64.3 Å². The minimum absolute atomic E-state index is 0.127. The van der Waals surface area contributed by atoms with E-state index < -0.39 is 5.97 Å². The third-order valence-corrected chi connectivity index (χ3v) is 5.47. The molecule has 0 amide bonds. The summed E-state index contributed by atoms with van der Waals surface area (Å²) in [6.07, 6.45) is 10.0. The number of ether oxygens (including phenoxy) is 4. The van der Waals surface area contributed by atoms with Gasteiger partial charge >= 0.3 is 5.97 Å². The van der Waals surface area contributed by atoms with Crippen molar-refractivity contribution in [3.63, 3.8) is 0 Å². The summed E-state index contributed by atoms with van der Waals surface area (Å²) in [5, 5.41) is 0. The lowest BCUT2D eigenvalue weighted by Crippen LogP contribution is -2.52. The number of hydrogen-bond donors (Lipinski definition) is 0. The Morgan fingerprint density at radius 3 is 1.29 bits per heavy atom. The van der Waals surface area contributed by atoms with Crippen molar-refractivity contribution in [3.05, 3.63) is 91.0 Å². The molecule has 0 unspecified atom stereocenters. The van der Waals surface area contributed by atoms with Crippen LogP contribution in [0, 0.1) is 0 Å². The molecule has 0 aliphatic carbocycles. The van der Waals surface area contributed by atoms with E-state index >= 15 is 0 Å². The van der Waals surface area contributed by atoms with E-state index in [1.807, 2.05) is 91.0 Å². The zero-order chi connectivity index (χ0) is 23.7. The zero-order valence-corrected chi connectivity index (χ0v) is 20.4. The molecule has 0 N–H and O–H groups in total. The van der Waals surface area contributed by atoms with E-state index in [2.05, 4.69) is 6.92 Å². The molecule has 4 nitrogen and oxygen atoms in total. The number of benzene rings is 3. The molecule has 3 rings (SSSR count). The molecule has 3 aromatic carbocycles. The first kappa shape index (κ1) is 25.6. The van der Waals surface area contributed by atoms with Gasteiger partial charge in [0.05, 0.1) is 0 Å². The van der Waals surface area contributed by atoms with E-state index in [0.29, 0.717) is 23.9 Å². The first-order valence-corrected chi connectivity index (χ1v) is 12.6. The van der Waals surface area contributed by atoms with Gasteiger partial charge in [-0.05, 0) is 42.8 Å². The van der Waals surface area contributed by atoms with Gasteiger partial charge in [0.1, 0.15) is 17.2 Å². The van der Waals surface area contributed by atoms with Gasteiger partial charge in [0.25, 0.3) is 0 Å². The highest BCUT2D eigenvalue weighted by Crippen LogP contribution is 2.27. The Bertz CT molecular complexity index is 782. The average molecular weight is 463 g/mol. The molecule has 0 aromatic heterocycles. The molecule has 0 fully saturated rings. The van der Waals surface area contributed by atoms with Crippen molar-refractivity contribution in [2.24, 2.45) is 0 Å². The van der Waals surface area contributed by atoms with Crippen LogP contribution in [0.2, 0.25) is 0 Å². The Morgan fingerprint density at radius 1 is 0.500 bits per heavy atom. The Morgan fingerprint density at radius 2 is 0.882 bits per heavy atom. The second kappa shape index (κ2) is 15.0. The van der Waals surface area contributed by atoms with E-state index in [4.69, 9.17) is 18.9 Å². The Hall–Kier alpha value is -2.98. The lowest BCUT2D eigenvalue weighted by atomic mass is 10.1. The topological polar surface area (TPSA) is 36.9 Å². The van der Waals surface area contributed by atoms with Gasteiger partial charge in [0, 0.05) is 6.61 Å². The molecule has 0 saturated heterocycles. The molecular formula is C30H38O4. The van der Waals surface area contributed by atoms with Crippen LogP contribution in [0.5, 0.6) is 17.2 Å². The molecule has 182 valence electrons. The van der Waals surface area contributed by atoms with Crippen LogP contribution in [0.3, 0.4) is 0 Å². The number of unbranched alkanes of at least 4 members (excludes halogenated alkanes) is 7. The summed E-state index contributed by atoms with van der Waals surface area (Å²) in [7, 11) is 0. The summed E-state index contributed by atoms with van der Waals surface area (Å²) >= 11 is 0. The molecule has 0 spiro atoms. The number of hydrogen-bond acceptors (Lipinski definition) is 4. The maximum atomic E-state index is 6.32. The third-order valence-electron chi connectivity index (χ3n) is 5.47. The highest BCUT2D eigenvalue weighted by atomic mass is 16.9. The molecule has 0 saturated carbocycles. The zero-order valence-electron chi connectivity index (χ0n) is 20.4. The second-order valence-electron chi connectivity index (χ2n) is 8.46. The van der Waals surface area contributed by atoms with E-state index in [0.717, 1.165) is 12.8 Å². The molecular weight excluding hydrogens is 424 g/mol. The predicted octanol–water partition coefficient (Wildman–Crippen LogP) is 8.03. The average Bonchev–Trinajstić information content (AvgIpc) is 2.87. The fraction of sp³-hybridized carbons (Fsp3) is 0.400. The standard InChI is InChI=1S/C30H38O4/c1-2-3-4-5-6-7-8-18-25-31-26-30(32-27-19-12-9-13-20-27,33-28-21-14-10-15-22-28)34-29-23-16-11-17-24-29/h9-17,19-24H,2-8,18,25-26H2,1H3. The van der Waals surface area contributed by atoms with Crippen LogP contribution in [0.15, 0.2) is 91.0 Å². The monoisotopic (exact) mass is 462 g/mol. The lowest BCUT2D eigenvalue weighted by molar-refractivity contribution is -0.277. The second-order valence-corrected chi connectivity index (χ2v) is 8.46. The molecule has 3 aromatic rings. The van der Waals surface area contributed by atoms with Crippen molar-refractivity contribution in [2.75, 3.05) is 13.2 Å². The summed E-state index contributed by atoms with van der Waals surface area (Å²) in [4.78, 5) is 0. The van der Waals surface area contributed by atoms with Crippen molar-refractivity contribution >= 4 is 0 Å². The van der Waals surface area contributed by atoms with Crippen LogP contribution in [0.1, 0.15) is 58.3 Å². The quantitative estimate of drug-likeness (QED) is 0.150. The third kappa shape index (κ3) is 9.48. The van der Waals surface area contributed by atoms with Gasteiger partial charge < -0.3 is 18.9 Å². The highest BCUT2D eigenvalue weighted by Gasteiger charge is 2.39. The van der Waals surface area contributed by atoms with E-state index in [-0.39, 0.29) is 6.61 Å². The molecule has 0 aliphatic heterocycles. The number of para-hydroxylation sites is 3. The van der Waals surface area contributed by atoms with Crippen LogP contribution in [0.25, 0.3) is 0 Å². The molecule has 0 bridgehead atoms.